The topological polar surface area (TPSA) is 71.8 Å². The Morgan fingerprint density at radius 3 is 2.29 bits per heavy atom. The number of primary amides is 1. The molecule has 1 amide bonds. The van der Waals surface area contributed by atoms with Gasteiger partial charge in [-0.15, -0.1) is 0 Å². The molecule has 1 aromatic carbocycles. The molecule has 0 fully saturated rings. The van der Waals surface area contributed by atoms with Gasteiger partial charge in [0.1, 0.15) is 0 Å². The Morgan fingerprint density at radius 1 is 1.24 bits per heavy atom. The number of hydrogen-bond donors (Lipinski definition) is 2. The van der Waals surface area contributed by atoms with Gasteiger partial charge in [0.15, 0.2) is 5.82 Å². The molecule has 0 aliphatic carbocycles. The number of H-pyrrole nitrogens is 1. The van der Waals surface area contributed by atoms with Crippen LogP contribution >= 0.6 is 0 Å². The van der Waals surface area contributed by atoms with Gasteiger partial charge in [-0.1, -0.05) is 17.7 Å². The van der Waals surface area contributed by atoms with Crippen molar-refractivity contribution in [3.05, 3.63) is 40.8 Å². The summed E-state index contributed by atoms with van der Waals surface area (Å²) in [6, 6.07) is 4.21. The van der Waals surface area contributed by atoms with E-state index in [1.807, 2.05) is 13.8 Å². The lowest BCUT2D eigenvalue weighted by molar-refractivity contribution is 0.0991. The molecule has 2 aromatic rings. The highest BCUT2D eigenvalue weighted by atomic mass is 16.1. The maximum Gasteiger partial charge on any atom is 0.284 e. The standard InChI is InChI=1S/C13H15N3O/c1-7-4-8(2)11(9(3)5-7)10-6-15-13(16-10)12(14)17/h4-6H,1-3H3,(H2,14,17)(H,15,16). The van der Waals surface area contributed by atoms with Crippen LogP contribution in [0.2, 0.25) is 0 Å². The van der Waals surface area contributed by atoms with Crippen LogP contribution < -0.4 is 5.73 Å². The summed E-state index contributed by atoms with van der Waals surface area (Å²) in [6.45, 7) is 6.14. The summed E-state index contributed by atoms with van der Waals surface area (Å²) in [5.41, 5.74) is 10.6. The molecule has 1 aromatic heterocycles. The fraction of sp³-hybridized carbons (Fsp3) is 0.231. The monoisotopic (exact) mass is 229 g/mol. The van der Waals surface area contributed by atoms with E-state index < -0.39 is 5.91 Å². The fourth-order valence-electron chi connectivity index (χ4n) is 2.18. The van der Waals surface area contributed by atoms with Crippen molar-refractivity contribution < 1.29 is 4.79 Å². The summed E-state index contributed by atoms with van der Waals surface area (Å²) in [7, 11) is 0. The zero-order valence-electron chi connectivity index (χ0n) is 10.2. The number of benzene rings is 1. The van der Waals surface area contributed by atoms with E-state index in [1.165, 1.54) is 5.56 Å². The molecule has 4 nitrogen and oxygen atoms in total. The summed E-state index contributed by atoms with van der Waals surface area (Å²) in [5, 5.41) is 0. The largest absolute Gasteiger partial charge is 0.363 e. The smallest absolute Gasteiger partial charge is 0.284 e. The van der Waals surface area contributed by atoms with Gasteiger partial charge in [-0.3, -0.25) is 4.79 Å². The predicted molar refractivity (Wildman–Crippen MR) is 66.8 cm³/mol. The molecule has 0 unspecified atom stereocenters. The van der Waals surface area contributed by atoms with Crippen LogP contribution in [0.3, 0.4) is 0 Å². The average molecular weight is 229 g/mol. The minimum absolute atomic E-state index is 0.194. The molecule has 0 saturated heterocycles. The van der Waals surface area contributed by atoms with Crippen LogP contribution in [0.1, 0.15) is 27.3 Å². The minimum Gasteiger partial charge on any atom is -0.363 e. The SMILES string of the molecule is Cc1cc(C)c(-c2cnc(C(N)=O)[nH]2)c(C)c1. The minimum atomic E-state index is -0.543. The van der Waals surface area contributed by atoms with Crippen molar-refractivity contribution >= 4 is 5.91 Å². The first-order chi connectivity index (χ1) is 7.99. The van der Waals surface area contributed by atoms with Gasteiger partial charge in [-0.2, -0.15) is 0 Å². The van der Waals surface area contributed by atoms with Crippen LogP contribution in [0.15, 0.2) is 18.3 Å². The third-order valence-electron chi connectivity index (χ3n) is 2.76. The molecular formula is C13H15N3O. The van der Waals surface area contributed by atoms with Gasteiger partial charge in [0.05, 0.1) is 11.9 Å². The molecule has 0 saturated carbocycles. The van der Waals surface area contributed by atoms with Gasteiger partial charge < -0.3 is 10.7 Å². The number of nitrogens with zero attached hydrogens (tertiary/aromatic N) is 1. The highest BCUT2D eigenvalue weighted by molar-refractivity contribution is 5.89. The maximum absolute atomic E-state index is 11.0. The van der Waals surface area contributed by atoms with E-state index in [9.17, 15) is 4.79 Å². The molecule has 88 valence electrons. The number of nitrogens with one attached hydrogen (secondary N) is 1. The number of nitrogens with two attached hydrogens (primary N) is 1. The number of carbonyl (C=O) groups excluding carboxylic acids is 1. The number of amides is 1. The van der Waals surface area contributed by atoms with Crippen molar-refractivity contribution in [3.63, 3.8) is 0 Å². The number of imidazole rings is 1. The summed E-state index contributed by atoms with van der Waals surface area (Å²) in [6.07, 6.45) is 1.64. The van der Waals surface area contributed by atoms with Gasteiger partial charge >= 0.3 is 0 Å². The van der Waals surface area contributed by atoms with E-state index in [0.717, 1.165) is 22.4 Å². The first kappa shape index (κ1) is 11.4. The Balaban J connectivity index is 2.56. The molecule has 0 atom stereocenters. The summed E-state index contributed by atoms with van der Waals surface area (Å²) < 4.78 is 0. The Hall–Kier alpha value is -2.10. The average Bonchev–Trinajstić information content (AvgIpc) is 2.65. The molecule has 0 bridgehead atoms. The maximum atomic E-state index is 11.0. The number of aromatic amines is 1. The molecule has 3 N–H and O–H groups in total. The van der Waals surface area contributed by atoms with Crippen molar-refractivity contribution in [2.24, 2.45) is 5.73 Å². The van der Waals surface area contributed by atoms with Crippen LogP contribution in [-0.4, -0.2) is 15.9 Å². The third-order valence-corrected chi connectivity index (χ3v) is 2.76. The summed E-state index contributed by atoms with van der Waals surface area (Å²) in [4.78, 5) is 17.9. The molecule has 0 aliphatic heterocycles. The first-order valence-electron chi connectivity index (χ1n) is 5.42. The second kappa shape index (κ2) is 4.05. The first-order valence-corrected chi connectivity index (χ1v) is 5.42. The number of aromatic nitrogens is 2. The van der Waals surface area contributed by atoms with E-state index >= 15 is 0 Å². The molecule has 17 heavy (non-hydrogen) atoms. The zero-order chi connectivity index (χ0) is 12.6. The van der Waals surface area contributed by atoms with Gasteiger partial charge in [-0.25, -0.2) is 4.98 Å². The van der Waals surface area contributed by atoms with Crippen LogP contribution in [-0.2, 0) is 0 Å². The lowest BCUT2D eigenvalue weighted by atomic mass is 9.98. The van der Waals surface area contributed by atoms with E-state index in [4.69, 9.17) is 5.73 Å². The second-order valence-corrected chi connectivity index (χ2v) is 4.28. The van der Waals surface area contributed by atoms with E-state index in [2.05, 4.69) is 29.0 Å². The van der Waals surface area contributed by atoms with Crippen molar-refractivity contribution in [1.82, 2.24) is 9.97 Å². The molecule has 4 heteroatoms. The van der Waals surface area contributed by atoms with E-state index in [-0.39, 0.29) is 5.82 Å². The van der Waals surface area contributed by atoms with E-state index in [0.29, 0.717) is 0 Å². The van der Waals surface area contributed by atoms with Crippen LogP contribution in [0.4, 0.5) is 0 Å². The lowest BCUT2D eigenvalue weighted by Crippen LogP contribution is -2.12. The molecule has 0 spiro atoms. The quantitative estimate of drug-likeness (QED) is 0.827. The molecular weight excluding hydrogens is 214 g/mol. The number of carbonyl (C=O) groups is 1. The number of hydrogen-bond acceptors (Lipinski definition) is 2. The highest BCUT2D eigenvalue weighted by Crippen LogP contribution is 2.26. The van der Waals surface area contributed by atoms with Crippen molar-refractivity contribution in [3.8, 4) is 11.3 Å². The van der Waals surface area contributed by atoms with Crippen LogP contribution in [0, 0.1) is 20.8 Å². The van der Waals surface area contributed by atoms with E-state index in [1.54, 1.807) is 6.20 Å². The van der Waals surface area contributed by atoms with Crippen molar-refractivity contribution in [1.29, 1.82) is 0 Å². The Morgan fingerprint density at radius 2 is 1.82 bits per heavy atom. The van der Waals surface area contributed by atoms with Gasteiger partial charge in [-0.05, 0) is 31.9 Å². The van der Waals surface area contributed by atoms with Crippen LogP contribution in [0.5, 0.6) is 0 Å². The number of aryl methyl sites for hydroxylation is 3. The van der Waals surface area contributed by atoms with Gasteiger partial charge in [0, 0.05) is 5.56 Å². The summed E-state index contributed by atoms with van der Waals surface area (Å²) >= 11 is 0. The molecule has 0 aliphatic rings. The van der Waals surface area contributed by atoms with Crippen molar-refractivity contribution in [2.45, 2.75) is 20.8 Å². The zero-order valence-corrected chi connectivity index (χ0v) is 10.2. The van der Waals surface area contributed by atoms with Gasteiger partial charge in [0.2, 0.25) is 0 Å². The molecule has 0 radical (unpaired) electrons. The normalized spacial score (nSPS) is 10.5. The fourth-order valence-corrected chi connectivity index (χ4v) is 2.18. The van der Waals surface area contributed by atoms with Crippen LogP contribution in [0.25, 0.3) is 11.3 Å². The third kappa shape index (κ3) is 2.06. The highest BCUT2D eigenvalue weighted by Gasteiger charge is 2.11. The number of rotatable bonds is 2. The second-order valence-electron chi connectivity index (χ2n) is 4.28. The molecule has 2 rings (SSSR count). The van der Waals surface area contributed by atoms with Gasteiger partial charge in [0.25, 0.3) is 5.91 Å². The Bertz CT molecular complexity index is 561. The lowest BCUT2D eigenvalue weighted by Gasteiger charge is -2.09. The predicted octanol–water partition coefficient (Wildman–Crippen LogP) is 2.10. The molecule has 1 heterocycles. The Kier molecular flexibility index (Phi) is 2.71. The summed E-state index contributed by atoms with van der Waals surface area (Å²) in [5.74, 6) is -0.349. The van der Waals surface area contributed by atoms with Crippen molar-refractivity contribution in [2.75, 3.05) is 0 Å². The Labute approximate surface area is 99.9 Å².